The SMILES string of the molecule is C=CCOc1ccc2c(c1C=NO)OCO2. The van der Waals surface area contributed by atoms with Crippen LogP contribution in [0.25, 0.3) is 0 Å². The molecule has 0 saturated heterocycles. The van der Waals surface area contributed by atoms with Gasteiger partial charge in [0, 0.05) is 0 Å². The molecule has 5 nitrogen and oxygen atoms in total. The Morgan fingerprint density at radius 1 is 1.50 bits per heavy atom. The van der Waals surface area contributed by atoms with Crippen molar-refractivity contribution in [3.05, 3.63) is 30.4 Å². The molecule has 0 aromatic heterocycles. The summed E-state index contributed by atoms with van der Waals surface area (Å²) in [6.45, 7) is 4.09. The topological polar surface area (TPSA) is 60.3 Å². The summed E-state index contributed by atoms with van der Waals surface area (Å²) >= 11 is 0. The van der Waals surface area contributed by atoms with E-state index in [1.807, 2.05) is 0 Å². The van der Waals surface area contributed by atoms with Crippen LogP contribution in [0.5, 0.6) is 17.2 Å². The van der Waals surface area contributed by atoms with E-state index in [1.54, 1.807) is 18.2 Å². The molecule has 0 radical (unpaired) electrons. The predicted octanol–water partition coefficient (Wildman–Crippen LogP) is 1.79. The fourth-order valence-corrected chi connectivity index (χ4v) is 1.43. The summed E-state index contributed by atoms with van der Waals surface area (Å²) in [7, 11) is 0. The van der Waals surface area contributed by atoms with Crippen molar-refractivity contribution in [3.63, 3.8) is 0 Å². The zero-order valence-electron chi connectivity index (χ0n) is 8.55. The summed E-state index contributed by atoms with van der Waals surface area (Å²) in [5.74, 6) is 1.70. The highest BCUT2D eigenvalue weighted by Gasteiger charge is 2.20. The number of rotatable bonds is 4. The van der Waals surface area contributed by atoms with Crippen molar-refractivity contribution in [1.29, 1.82) is 0 Å². The lowest BCUT2D eigenvalue weighted by molar-refractivity contribution is 0.173. The van der Waals surface area contributed by atoms with Gasteiger partial charge < -0.3 is 19.4 Å². The normalized spacial score (nSPS) is 13.0. The maximum Gasteiger partial charge on any atom is 0.231 e. The summed E-state index contributed by atoms with van der Waals surface area (Å²) in [5, 5.41) is 11.6. The molecule has 2 rings (SSSR count). The van der Waals surface area contributed by atoms with Crippen molar-refractivity contribution in [2.75, 3.05) is 13.4 Å². The molecule has 5 heteroatoms. The average molecular weight is 221 g/mol. The van der Waals surface area contributed by atoms with Gasteiger partial charge >= 0.3 is 0 Å². The van der Waals surface area contributed by atoms with Crippen LogP contribution in [0.1, 0.15) is 5.56 Å². The molecule has 0 unspecified atom stereocenters. The molecule has 1 aliphatic rings. The summed E-state index contributed by atoms with van der Waals surface area (Å²) < 4.78 is 15.9. The zero-order chi connectivity index (χ0) is 11.4. The molecule has 1 N–H and O–H groups in total. The van der Waals surface area contributed by atoms with Gasteiger partial charge in [0.05, 0.1) is 11.8 Å². The highest BCUT2D eigenvalue weighted by molar-refractivity contribution is 5.88. The minimum Gasteiger partial charge on any atom is -0.489 e. The molecule has 0 amide bonds. The first kappa shape index (κ1) is 10.4. The second-order valence-corrected chi connectivity index (χ2v) is 3.06. The van der Waals surface area contributed by atoms with Crippen molar-refractivity contribution in [1.82, 2.24) is 0 Å². The first-order valence-corrected chi connectivity index (χ1v) is 4.70. The van der Waals surface area contributed by atoms with Crippen LogP contribution in [0.15, 0.2) is 29.9 Å². The second-order valence-electron chi connectivity index (χ2n) is 3.06. The fraction of sp³-hybridized carbons (Fsp3) is 0.182. The van der Waals surface area contributed by atoms with Gasteiger partial charge in [-0.15, -0.1) is 0 Å². The molecule has 1 aliphatic heterocycles. The third-order valence-electron chi connectivity index (χ3n) is 2.08. The van der Waals surface area contributed by atoms with Crippen molar-refractivity contribution < 1.29 is 19.4 Å². The third-order valence-corrected chi connectivity index (χ3v) is 2.08. The van der Waals surface area contributed by atoms with Gasteiger partial charge in [0.1, 0.15) is 12.4 Å². The third kappa shape index (κ3) is 1.79. The molecule has 0 atom stereocenters. The van der Waals surface area contributed by atoms with E-state index < -0.39 is 0 Å². The van der Waals surface area contributed by atoms with Crippen LogP contribution in [0, 0.1) is 0 Å². The lowest BCUT2D eigenvalue weighted by Gasteiger charge is -2.08. The number of benzene rings is 1. The lowest BCUT2D eigenvalue weighted by Crippen LogP contribution is -1.99. The van der Waals surface area contributed by atoms with Crippen molar-refractivity contribution in [3.8, 4) is 17.2 Å². The molecule has 1 aromatic rings. The van der Waals surface area contributed by atoms with Crippen LogP contribution in [-0.4, -0.2) is 24.8 Å². The molecule has 0 saturated carbocycles. The fourth-order valence-electron chi connectivity index (χ4n) is 1.43. The van der Waals surface area contributed by atoms with Crippen LogP contribution < -0.4 is 14.2 Å². The van der Waals surface area contributed by atoms with Gasteiger partial charge in [-0.2, -0.15) is 0 Å². The molecule has 0 fully saturated rings. The molecule has 0 spiro atoms. The Labute approximate surface area is 92.5 Å². The van der Waals surface area contributed by atoms with Gasteiger partial charge in [0.2, 0.25) is 6.79 Å². The van der Waals surface area contributed by atoms with Crippen LogP contribution in [-0.2, 0) is 0 Å². The second kappa shape index (κ2) is 4.57. The number of ether oxygens (including phenoxy) is 3. The van der Waals surface area contributed by atoms with E-state index in [-0.39, 0.29) is 6.79 Å². The van der Waals surface area contributed by atoms with Crippen LogP contribution >= 0.6 is 0 Å². The van der Waals surface area contributed by atoms with Gasteiger partial charge in [-0.25, -0.2) is 0 Å². The van der Waals surface area contributed by atoms with E-state index in [0.717, 1.165) is 0 Å². The molecule has 0 bridgehead atoms. The maximum atomic E-state index is 8.60. The quantitative estimate of drug-likeness (QED) is 0.364. The number of hydrogen-bond acceptors (Lipinski definition) is 5. The van der Waals surface area contributed by atoms with Gasteiger partial charge in [-0.1, -0.05) is 17.8 Å². The summed E-state index contributed by atoms with van der Waals surface area (Å²) in [4.78, 5) is 0. The Kier molecular flexibility index (Phi) is 2.95. The lowest BCUT2D eigenvalue weighted by atomic mass is 10.2. The highest BCUT2D eigenvalue weighted by Crippen LogP contribution is 2.39. The molecule has 1 heterocycles. The largest absolute Gasteiger partial charge is 0.489 e. The molecule has 16 heavy (non-hydrogen) atoms. The van der Waals surface area contributed by atoms with E-state index in [0.29, 0.717) is 29.4 Å². The van der Waals surface area contributed by atoms with E-state index in [9.17, 15) is 0 Å². The van der Waals surface area contributed by atoms with Gasteiger partial charge in [-0.05, 0) is 12.1 Å². The summed E-state index contributed by atoms with van der Waals surface area (Å²) in [6.07, 6.45) is 2.89. The Bertz CT molecular complexity index is 428. The molecule has 84 valence electrons. The Balaban J connectivity index is 2.40. The van der Waals surface area contributed by atoms with E-state index >= 15 is 0 Å². The molecular weight excluding hydrogens is 210 g/mol. The van der Waals surface area contributed by atoms with Gasteiger partial charge in [-0.3, -0.25) is 0 Å². The zero-order valence-corrected chi connectivity index (χ0v) is 8.55. The average Bonchev–Trinajstić information content (AvgIpc) is 2.76. The van der Waals surface area contributed by atoms with Crippen LogP contribution in [0.4, 0.5) is 0 Å². The van der Waals surface area contributed by atoms with Crippen LogP contribution in [0.3, 0.4) is 0 Å². The Hall–Kier alpha value is -2.17. The first-order chi connectivity index (χ1) is 7.86. The summed E-state index contributed by atoms with van der Waals surface area (Å²) in [6, 6.07) is 3.48. The molecule has 0 aliphatic carbocycles. The van der Waals surface area contributed by atoms with Gasteiger partial charge in [0.25, 0.3) is 0 Å². The molecular formula is C11H11NO4. The molecule has 1 aromatic carbocycles. The Morgan fingerprint density at radius 2 is 2.38 bits per heavy atom. The minimum absolute atomic E-state index is 0.159. The smallest absolute Gasteiger partial charge is 0.231 e. The predicted molar refractivity (Wildman–Crippen MR) is 57.6 cm³/mol. The van der Waals surface area contributed by atoms with E-state index in [2.05, 4.69) is 11.7 Å². The first-order valence-electron chi connectivity index (χ1n) is 4.70. The number of hydrogen-bond donors (Lipinski definition) is 1. The number of oxime groups is 1. The number of fused-ring (bicyclic) bond motifs is 1. The monoisotopic (exact) mass is 221 g/mol. The number of nitrogens with zero attached hydrogens (tertiary/aromatic N) is 1. The van der Waals surface area contributed by atoms with E-state index in [1.165, 1.54) is 6.21 Å². The maximum absolute atomic E-state index is 8.60. The van der Waals surface area contributed by atoms with E-state index in [4.69, 9.17) is 19.4 Å². The van der Waals surface area contributed by atoms with Gasteiger partial charge in [0.15, 0.2) is 11.5 Å². The Morgan fingerprint density at radius 3 is 3.12 bits per heavy atom. The van der Waals surface area contributed by atoms with Crippen LogP contribution in [0.2, 0.25) is 0 Å². The summed E-state index contributed by atoms with van der Waals surface area (Å²) in [5.41, 5.74) is 0.555. The minimum atomic E-state index is 0.159. The van der Waals surface area contributed by atoms with Crippen molar-refractivity contribution in [2.45, 2.75) is 0 Å². The van der Waals surface area contributed by atoms with Crippen molar-refractivity contribution >= 4 is 6.21 Å². The van der Waals surface area contributed by atoms with Crippen molar-refractivity contribution in [2.24, 2.45) is 5.16 Å². The standard InChI is InChI=1S/C11H11NO4/c1-2-5-14-9-3-4-10-11(16-7-15-10)8(9)6-12-13/h2-4,6,13H,1,5,7H2. The highest BCUT2D eigenvalue weighted by atomic mass is 16.7.